The Labute approximate surface area is 146 Å². The van der Waals surface area contributed by atoms with Crippen LogP contribution in [0.25, 0.3) is 10.2 Å². The fourth-order valence-corrected chi connectivity index (χ4v) is 4.50. The third-order valence-corrected chi connectivity index (χ3v) is 5.81. The normalized spacial score (nSPS) is 13.9. The minimum atomic E-state index is -0.112. The van der Waals surface area contributed by atoms with Gasteiger partial charge in [0.1, 0.15) is 11.4 Å². The van der Waals surface area contributed by atoms with Crippen LogP contribution >= 0.6 is 11.3 Å². The Kier molecular flexibility index (Phi) is 5.66. The van der Waals surface area contributed by atoms with Crippen molar-refractivity contribution < 1.29 is 4.79 Å². The lowest BCUT2D eigenvalue weighted by molar-refractivity contribution is -0.121. The van der Waals surface area contributed by atoms with Crippen LogP contribution in [0, 0.1) is 0 Å². The number of carbonyl (C=O) groups is 1. The molecule has 6 heteroatoms. The second-order valence-electron chi connectivity index (χ2n) is 6.48. The molecule has 0 fully saturated rings. The molecule has 0 radical (unpaired) electrons. The molecule has 130 valence electrons. The SMILES string of the molecule is CCCCCCNC(=O)Cn1cnc2sc3c(c2c1=O)CCCC3. The van der Waals surface area contributed by atoms with Gasteiger partial charge in [0, 0.05) is 11.4 Å². The van der Waals surface area contributed by atoms with Crippen LogP contribution in [0.1, 0.15) is 55.9 Å². The van der Waals surface area contributed by atoms with Crippen LogP contribution in [0.4, 0.5) is 0 Å². The number of amides is 1. The summed E-state index contributed by atoms with van der Waals surface area (Å²) in [6.07, 6.45) is 10.3. The van der Waals surface area contributed by atoms with Crippen molar-refractivity contribution in [3.8, 4) is 0 Å². The summed E-state index contributed by atoms with van der Waals surface area (Å²) in [5, 5.41) is 3.64. The van der Waals surface area contributed by atoms with E-state index in [-0.39, 0.29) is 18.0 Å². The van der Waals surface area contributed by atoms with E-state index in [0.29, 0.717) is 6.54 Å². The lowest BCUT2D eigenvalue weighted by Gasteiger charge is -2.10. The van der Waals surface area contributed by atoms with Gasteiger partial charge in [-0.2, -0.15) is 0 Å². The van der Waals surface area contributed by atoms with E-state index in [9.17, 15) is 9.59 Å². The first-order chi connectivity index (χ1) is 11.7. The highest BCUT2D eigenvalue weighted by molar-refractivity contribution is 7.18. The predicted octanol–water partition coefficient (Wildman–Crippen LogP) is 3.03. The Morgan fingerprint density at radius 2 is 2.12 bits per heavy atom. The van der Waals surface area contributed by atoms with Crippen LogP contribution in [0.5, 0.6) is 0 Å². The monoisotopic (exact) mass is 347 g/mol. The number of aromatic nitrogens is 2. The van der Waals surface area contributed by atoms with Crippen molar-refractivity contribution in [2.45, 2.75) is 64.8 Å². The third kappa shape index (κ3) is 3.69. The summed E-state index contributed by atoms with van der Waals surface area (Å²) in [5.74, 6) is -0.112. The molecule has 0 unspecified atom stereocenters. The van der Waals surface area contributed by atoms with Crippen LogP contribution in [0.15, 0.2) is 11.1 Å². The van der Waals surface area contributed by atoms with Gasteiger partial charge in [0.05, 0.1) is 11.7 Å². The summed E-state index contributed by atoms with van der Waals surface area (Å²) in [6, 6.07) is 0. The zero-order chi connectivity index (χ0) is 16.9. The smallest absolute Gasteiger partial charge is 0.262 e. The second kappa shape index (κ2) is 7.92. The molecule has 24 heavy (non-hydrogen) atoms. The van der Waals surface area contributed by atoms with Crippen LogP contribution in [-0.4, -0.2) is 22.0 Å². The van der Waals surface area contributed by atoms with Crippen LogP contribution in [-0.2, 0) is 24.2 Å². The molecule has 0 aromatic carbocycles. The van der Waals surface area contributed by atoms with Crippen molar-refractivity contribution in [3.63, 3.8) is 0 Å². The van der Waals surface area contributed by atoms with Crippen LogP contribution in [0.2, 0.25) is 0 Å². The zero-order valence-electron chi connectivity index (χ0n) is 14.3. The van der Waals surface area contributed by atoms with Crippen molar-refractivity contribution in [1.82, 2.24) is 14.9 Å². The molecular formula is C18H25N3O2S. The van der Waals surface area contributed by atoms with E-state index in [1.54, 1.807) is 11.3 Å². The molecule has 2 aromatic heterocycles. The molecular weight excluding hydrogens is 322 g/mol. The number of fused-ring (bicyclic) bond motifs is 3. The maximum atomic E-state index is 12.8. The van der Waals surface area contributed by atoms with E-state index >= 15 is 0 Å². The first kappa shape index (κ1) is 17.1. The molecule has 2 aromatic rings. The van der Waals surface area contributed by atoms with E-state index in [4.69, 9.17) is 0 Å². The van der Waals surface area contributed by atoms with E-state index in [1.165, 1.54) is 40.6 Å². The quantitative estimate of drug-likeness (QED) is 0.783. The first-order valence-corrected chi connectivity index (χ1v) is 9.78. The molecule has 0 atom stereocenters. The minimum Gasteiger partial charge on any atom is -0.355 e. The largest absolute Gasteiger partial charge is 0.355 e. The van der Waals surface area contributed by atoms with Gasteiger partial charge in [0.25, 0.3) is 5.56 Å². The molecule has 0 bridgehead atoms. The van der Waals surface area contributed by atoms with Crippen molar-refractivity contribution in [3.05, 3.63) is 27.1 Å². The average molecular weight is 347 g/mol. The molecule has 5 nitrogen and oxygen atoms in total. The Bertz CT molecular complexity index is 778. The molecule has 0 saturated heterocycles. The van der Waals surface area contributed by atoms with Crippen molar-refractivity contribution in [2.24, 2.45) is 0 Å². The topological polar surface area (TPSA) is 64.0 Å². The summed E-state index contributed by atoms with van der Waals surface area (Å²) in [7, 11) is 0. The second-order valence-corrected chi connectivity index (χ2v) is 7.56. The number of unbranched alkanes of at least 4 members (excludes halogenated alkanes) is 3. The van der Waals surface area contributed by atoms with Gasteiger partial charge in [-0.05, 0) is 37.7 Å². The van der Waals surface area contributed by atoms with Crippen LogP contribution < -0.4 is 10.9 Å². The Hall–Kier alpha value is -1.69. The lowest BCUT2D eigenvalue weighted by Crippen LogP contribution is -2.33. The summed E-state index contributed by atoms with van der Waals surface area (Å²) < 4.78 is 1.45. The number of thiophene rings is 1. The highest BCUT2D eigenvalue weighted by atomic mass is 32.1. The van der Waals surface area contributed by atoms with Gasteiger partial charge in [0.2, 0.25) is 5.91 Å². The molecule has 0 spiro atoms. The highest BCUT2D eigenvalue weighted by Gasteiger charge is 2.20. The fraction of sp³-hybridized carbons (Fsp3) is 0.611. The summed E-state index contributed by atoms with van der Waals surface area (Å²) >= 11 is 1.64. The van der Waals surface area contributed by atoms with Crippen molar-refractivity contribution in [2.75, 3.05) is 6.54 Å². The molecule has 1 N–H and O–H groups in total. The number of aryl methyl sites for hydroxylation is 2. The summed E-state index contributed by atoms with van der Waals surface area (Å²) in [6.45, 7) is 2.90. The predicted molar refractivity (Wildman–Crippen MR) is 97.7 cm³/mol. The summed E-state index contributed by atoms with van der Waals surface area (Å²) in [4.78, 5) is 31.4. The standard InChI is InChI=1S/C18H25N3O2S/c1-2-3-4-7-10-19-15(22)11-21-12-20-17-16(18(21)23)13-8-5-6-9-14(13)24-17/h12H,2-11H2,1H3,(H,19,22). The zero-order valence-corrected chi connectivity index (χ0v) is 15.1. The van der Waals surface area contributed by atoms with Gasteiger partial charge in [-0.15, -0.1) is 11.3 Å². The number of carbonyl (C=O) groups excluding carboxylic acids is 1. The van der Waals surface area contributed by atoms with E-state index in [0.717, 1.165) is 42.3 Å². The summed E-state index contributed by atoms with van der Waals surface area (Å²) in [5.41, 5.74) is 1.11. The van der Waals surface area contributed by atoms with E-state index < -0.39 is 0 Å². The number of rotatable bonds is 7. The molecule has 1 amide bonds. The van der Waals surface area contributed by atoms with Crippen molar-refractivity contribution >= 4 is 27.5 Å². The van der Waals surface area contributed by atoms with Gasteiger partial charge in [-0.1, -0.05) is 26.2 Å². The number of nitrogens with one attached hydrogen (secondary N) is 1. The van der Waals surface area contributed by atoms with E-state index in [2.05, 4.69) is 17.2 Å². The van der Waals surface area contributed by atoms with E-state index in [1.807, 2.05) is 0 Å². The van der Waals surface area contributed by atoms with Gasteiger partial charge in [-0.25, -0.2) is 4.98 Å². The Morgan fingerprint density at radius 1 is 1.29 bits per heavy atom. The Balaban J connectivity index is 1.70. The van der Waals surface area contributed by atoms with Gasteiger partial charge < -0.3 is 5.32 Å². The number of nitrogens with zero attached hydrogens (tertiary/aromatic N) is 2. The molecule has 3 rings (SSSR count). The molecule has 1 aliphatic rings. The fourth-order valence-electron chi connectivity index (χ4n) is 3.28. The maximum Gasteiger partial charge on any atom is 0.262 e. The van der Waals surface area contributed by atoms with Gasteiger partial charge >= 0.3 is 0 Å². The number of hydrogen-bond acceptors (Lipinski definition) is 4. The lowest BCUT2D eigenvalue weighted by atomic mass is 9.97. The van der Waals surface area contributed by atoms with Crippen LogP contribution in [0.3, 0.4) is 0 Å². The molecule has 2 heterocycles. The van der Waals surface area contributed by atoms with Crippen molar-refractivity contribution in [1.29, 1.82) is 0 Å². The average Bonchev–Trinajstić information content (AvgIpc) is 2.96. The van der Waals surface area contributed by atoms with Gasteiger partial charge in [-0.3, -0.25) is 14.2 Å². The van der Waals surface area contributed by atoms with Gasteiger partial charge in [0.15, 0.2) is 0 Å². The molecule has 0 saturated carbocycles. The third-order valence-electron chi connectivity index (χ3n) is 4.61. The first-order valence-electron chi connectivity index (χ1n) is 8.97. The Morgan fingerprint density at radius 3 is 2.96 bits per heavy atom. The maximum absolute atomic E-state index is 12.8. The minimum absolute atomic E-state index is 0.0557. The molecule has 1 aliphatic carbocycles. The molecule has 0 aliphatic heterocycles. The number of hydrogen-bond donors (Lipinski definition) is 1. The highest BCUT2D eigenvalue weighted by Crippen LogP contribution is 2.33.